The molecule has 0 bridgehead atoms. The number of nitrogens with zero attached hydrogens (tertiary/aromatic N) is 2. The summed E-state index contributed by atoms with van der Waals surface area (Å²) < 4.78 is 5.54. The lowest BCUT2D eigenvalue weighted by molar-refractivity contribution is -0.139. The number of hydrogen-bond donors (Lipinski definition) is 0. The third-order valence-electron chi connectivity index (χ3n) is 6.40. The summed E-state index contributed by atoms with van der Waals surface area (Å²) in [7, 11) is 0. The van der Waals surface area contributed by atoms with Crippen molar-refractivity contribution in [3.05, 3.63) is 65.7 Å². The first kappa shape index (κ1) is 21.4. The van der Waals surface area contributed by atoms with Crippen LogP contribution in [-0.2, 0) is 19.2 Å². The van der Waals surface area contributed by atoms with Crippen LogP contribution in [0.2, 0.25) is 5.02 Å². The summed E-state index contributed by atoms with van der Waals surface area (Å²) in [6.07, 6.45) is 4.99. The van der Waals surface area contributed by atoms with Crippen molar-refractivity contribution in [1.29, 1.82) is 0 Å². The van der Waals surface area contributed by atoms with Crippen molar-refractivity contribution >= 4 is 46.7 Å². The quantitative estimate of drug-likeness (QED) is 0.298. The molecule has 7 nitrogen and oxygen atoms in total. The van der Waals surface area contributed by atoms with Gasteiger partial charge in [-0.25, -0.2) is 4.90 Å². The maximum absolute atomic E-state index is 12.8. The van der Waals surface area contributed by atoms with Crippen LogP contribution >= 0.6 is 11.6 Å². The molecular formula is C25H21ClN2O5. The van der Waals surface area contributed by atoms with Gasteiger partial charge < -0.3 is 9.64 Å². The number of carbonyl (C=O) groups excluding carboxylic acids is 4. The van der Waals surface area contributed by atoms with E-state index >= 15 is 0 Å². The van der Waals surface area contributed by atoms with Gasteiger partial charge in [-0.05, 0) is 37.1 Å². The Labute approximate surface area is 195 Å². The molecule has 0 unspecified atom stereocenters. The summed E-state index contributed by atoms with van der Waals surface area (Å²) in [5.74, 6) is -2.32. The third kappa shape index (κ3) is 3.82. The minimum atomic E-state index is -0.651. The molecule has 2 aromatic rings. The van der Waals surface area contributed by atoms with Crippen molar-refractivity contribution in [2.75, 3.05) is 16.3 Å². The first-order valence-corrected chi connectivity index (χ1v) is 11.2. The highest BCUT2D eigenvalue weighted by Gasteiger charge is 2.48. The Kier molecular flexibility index (Phi) is 5.50. The van der Waals surface area contributed by atoms with E-state index in [1.807, 2.05) is 12.2 Å². The zero-order valence-corrected chi connectivity index (χ0v) is 18.4. The van der Waals surface area contributed by atoms with E-state index in [0.717, 1.165) is 0 Å². The zero-order chi connectivity index (χ0) is 23.1. The van der Waals surface area contributed by atoms with E-state index in [1.165, 1.54) is 15.9 Å². The number of rotatable bonds is 4. The van der Waals surface area contributed by atoms with Gasteiger partial charge in [-0.15, -0.1) is 0 Å². The second kappa shape index (κ2) is 8.48. The minimum Gasteiger partial charge on any atom is -0.426 e. The topological polar surface area (TPSA) is 84.0 Å². The normalized spacial score (nSPS) is 24.4. The van der Waals surface area contributed by atoms with E-state index in [1.54, 1.807) is 42.5 Å². The van der Waals surface area contributed by atoms with E-state index in [2.05, 4.69) is 0 Å². The lowest BCUT2D eigenvalue weighted by atomic mass is 9.85. The summed E-state index contributed by atoms with van der Waals surface area (Å²) in [5, 5.41) is 0.434. The van der Waals surface area contributed by atoms with Crippen molar-refractivity contribution in [1.82, 2.24) is 0 Å². The molecule has 2 aliphatic heterocycles. The number of allylic oxidation sites excluding steroid dienone is 2. The van der Waals surface area contributed by atoms with Gasteiger partial charge in [0.15, 0.2) is 0 Å². The first-order chi connectivity index (χ1) is 15.9. The van der Waals surface area contributed by atoms with Gasteiger partial charge in [0.2, 0.25) is 17.7 Å². The summed E-state index contributed by atoms with van der Waals surface area (Å²) in [4.78, 5) is 53.6. The fourth-order valence-corrected chi connectivity index (χ4v) is 4.95. The lowest BCUT2D eigenvalue weighted by Crippen LogP contribution is -2.31. The second-order valence-corrected chi connectivity index (χ2v) is 8.85. The van der Waals surface area contributed by atoms with Gasteiger partial charge in [-0.2, -0.15) is 0 Å². The highest BCUT2D eigenvalue weighted by Crippen LogP contribution is 2.38. The van der Waals surface area contributed by atoms with Gasteiger partial charge >= 0.3 is 5.97 Å². The van der Waals surface area contributed by atoms with Gasteiger partial charge in [0.25, 0.3) is 0 Å². The van der Waals surface area contributed by atoms with E-state index in [9.17, 15) is 19.2 Å². The van der Waals surface area contributed by atoms with Crippen molar-refractivity contribution in [3.63, 3.8) is 0 Å². The largest absolute Gasteiger partial charge is 0.426 e. The number of fused-ring (bicyclic) bond motifs is 1. The Morgan fingerprint density at radius 1 is 0.939 bits per heavy atom. The third-order valence-corrected chi connectivity index (χ3v) is 6.72. The van der Waals surface area contributed by atoms with E-state index in [0.29, 0.717) is 29.2 Å². The fourth-order valence-electron chi connectivity index (χ4n) is 4.71. The van der Waals surface area contributed by atoms with Crippen molar-refractivity contribution < 1.29 is 23.9 Å². The van der Waals surface area contributed by atoms with Crippen LogP contribution < -0.4 is 14.5 Å². The molecular weight excluding hydrogens is 444 g/mol. The smallest absolute Gasteiger partial charge is 0.316 e. The minimum absolute atomic E-state index is 0.0171. The predicted octanol–water partition coefficient (Wildman–Crippen LogP) is 3.75. The number of carbonyl (C=O) groups is 4. The van der Waals surface area contributed by atoms with Crippen LogP contribution in [0.4, 0.5) is 11.4 Å². The Balaban J connectivity index is 1.30. The number of anilines is 2. The van der Waals surface area contributed by atoms with Crippen LogP contribution in [-0.4, -0.2) is 30.2 Å². The summed E-state index contributed by atoms with van der Waals surface area (Å²) in [6, 6.07) is 13.4. The van der Waals surface area contributed by atoms with Crippen LogP contribution in [0.3, 0.4) is 0 Å². The molecule has 0 radical (unpaired) electrons. The predicted molar refractivity (Wildman–Crippen MR) is 122 cm³/mol. The number of benzene rings is 2. The van der Waals surface area contributed by atoms with Crippen LogP contribution in [0.15, 0.2) is 60.7 Å². The highest BCUT2D eigenvalue weighted by molar-refractivity contribution is 6.34. The fraction of sp³-hybridized carbons (Fsp3) is 0.280. The number of esters is 1. The number of halogens is 1. The first-order valence-electron chi connectivity index (χ1n) is 10.8. The van der Waals surface area contributed by atoms with Gasteiger partial charge in [0.1, 0.15) is 5.75 Å². The van der Waals surface area contributed by atoms with Gasteiger partial charge in [-0.1, -0.05) is 42.0 Å². The molecule has 3 atom stereocenters. The van der Waals surface area contributed by atoms with Crippen LogP contribution in [0.5, 0.6) is 5.75 Å². The summed E-state index contributed by atoms with van der Waals surface area (Å²) in [5.41, 5.74) is 0.938. The van der Waals surface area contributed by atoms with Crippen molar-refractivity contribution in [2.24, 2.45) is 17.8 Å². The van der Waals surface area contributed by atoms with Gasteiger partial charge in [0.05, 0.1) is 34.2 Å². The molecule has 1 aliphatic carbocycles. The number of amides is 3. The molecule has 3 aliphatic rings. The van der Waals surface area contributed by atoms with E-state index in [-0.39, 0.29) is 48.3 Å². The Morgan fingerprint density at radius 3 is 2.33 bits per heavy atom. The van der Waals surface area contributed by atoms with Crippen LogP contribution in [0.25, 0.3) is 0 Å². The number of para-hydroxylation sites is 1. The molecule has 0 aromatic heterocycles. The average Bonchev–Trinajstić information content (AvgIpc) is 3.32. The number of imide groups is 1. The van der Waals surface area contributed by atoms with Gasteiger partial charge in [-0.3, -0.25) is 19.2 Å². The Hall–Kier alpha value is -3.45. The molecule has 2 fully saturated rings. The van der Waals surface area contributed by atoms with Crippen LogP contribution in [0.1, 0.15) is 19.3 Å². The zero-order valence-electron chi connectivity index (χ0n) is 17.6. The molecule has 2 saturated heterocycles. The summed E-state index contributed by atoms with van der Waals surface area (Å²) in [6.45, 7) is 0.167. The molecule has 0 spiro atoms. The Morgan fingerprint density at radius 2 is 1.64 bits per heavy atom. The molecule has 168 valence electrons. The standard InChI is InChI=1S/C25H21ClN2O5/c26-20-10-3-4-11-21(20)27-14-15(12-22(27)29)25(32)33-17-7-5-6-16(13-17)28-23(30)18-8-1-2-9-19(18)24(28)31/h1-7,10-11,13,15,18-19H,8-9,12,14H2/t15-,18+,19+/m0/s1. The van der Waals surface area contributed by atoms with Crippen LogP contribution in [0, 0.1) is 17.8 Å². The molecule has 0 N–H and O–H groups in total. The molecule has 2 aromatic carbocycles. The molecule has 2 heterocycles. The number of hydrogen-bond acceptors (Lipinski definition) is 5. The molecule has 5 rings (SSSR count). The SMILES string of the molecule is O=C(Oc1cccc(N2C(=O)[C@@H]3CC=CC[C@H]3C2=O)c1)[C@H]1CC(=O)N(c2ccccc2Cl)C1. The summed E-state index contributed by atoms with van der Waals surface area (Å²) >= 11 is 6.20. The Bertz CT molecular complexity index is 1170. The van der Waals surface area contributed by atoms with Crippen molar-refractivity contribution in [2.45, 2.75) is 19.3 Å². The van der Waals surface area contributed by atoms with E-state index in [4.69, 9.17) is 16.3 Å². The average molecular weight is 465 g/mol. The van der Waals surface area contributed by atoms with E-state index < -0.39 is 11.9 Å². The number of ether oxygens (including phenoxy) is 1. The molecule has 33 heavy (non-hydrogen) atoms. The lowest BCUT2D eigenvalue weighted by Gasteiger charge is -2.18. The van der Waals surface area contributed by atoms with Crippen molar-refractivity contribution in [3.8, 4) is 5.75 Å². The monoisotopic (exact) mass is 464 g/mol. The maximum Gasteiger partial charge on any atom is 0.316 e. The maximum atomic E-state index is 12.8. The second-order valence-electron chi connectivity index (χ2n) is 8.44. The molecule has 3 amide bonds. The van der Waals surface area contributed by atoms with Gasteiger partial charge in [0, 0.05) is 19.0 Å². The highest BCUT2D eigenvalue weighted by atomic mass is 35.5. The molecule has 0 saturated carbocycles. The molecule has 8 heteroatoms.